The Kier molecular flexibility index (Phi) is 3.37. The van der Waals surface area contributed by atoms with Gasteiger partial charge < -0.3 is 19.3 Å². The van der Waals surface area contributed by atoms with Crippen molar-refractivity contribution in [2.24, 2.45) is 44.3 Å². The summed E-state index contributed by atoms with van der Waals surface area (Å²) in [6.07, 6.45) is 0.488. The number of aliphatic hydroxyl groups is 1. The topological polar surface area (TPSA) is 116 Å². The molecule has 8 unspecified atom stereocenters. The summed E-state index contributed by atoms with van der Waals surface area (Å²) >= 11 is 0. The van der Waals surface area contributed by atoms with E-state index in [9.17, 15) is 24.3 Å². The van der Waals surface area contributed by atoms with Crippen LogP contribution < -0.4 is 0 Å². The van der Waals surface area contributed by atoms with Crippen molar-refractivity contribution in [2.45, 2.75) is 60.2 Å². The third-order valence-corrected chi connectivity index (χ3v) is 11.6. The van der Waals surface area contributed by atoms with E-state index in [-0.39, 0.29) is 36.1 Å². The predicted molar refractivity (Wildman–Crippen MR) is 115 cm³/mol. The predicted octanol–water partition coefficient (Wildman–Crippen LogP) is 2.45. The summed E-state index contributed by atoms with van der Waals surface area (Å²) in [5.41, 5.74) is -7.46. The maximum absolute atomic E-state index is 14.5. The number of fused-ring (bicyclic) bond motifs is 2. The van der Waals surface area contributed by atoms with Gasteiger partial charge in [0, 0.05) is 11.8 Å². The Balaban J connectivity index is 1.77. The third kappa shape index (κ3) is 1.43. The lowest BCUT2D eigenvalue weighted by molar-refractivity contribution is -0.270. The van der Waals surface area contributed by atoms with Crippen molar-refractivity contribution in [3.8, 4) is 0 Å². The Labute approximate surface area is 197 Å². The molecular formula is C26H30O8. The summed E-state index contributed by atoms with van der Waals surface area (Å²) in [5, 5.41) is 12.4. The highest BCUT2D eigenvalue weighted by Gasteiger charge is 3.01. The molecule has 1 N–H and O–H groups in total. The van der Waals surface area contributed by atoms with Gasteiger partial charge in [-0.1, -0.05) is 39.8 Å². The molecule has 2 aliphatic heterocycles. The number of Topliss-reactive ketones (excluding diaryl/α,β-unsaturated/α-hetero) is 2. The fourth-order valence-corrected chi connectivity index (χ4v) is 10.0. The maximum atomic E-state index is 14.5. The largest absolute Gasteiger partial charge is 0.468 e. The Hall–Kier alpha value is -2.48. The molecule has 2 heterocycles. The lowest BCUT2D eigenvalue weighted by Gasteiger charge is -2.64. The molecule has 8 atom stereocenters. The number of esters is 2. The second-order valence-corrected chi connectivity index (χ2v) is 12.2. The van der Waals surface area contributed by atoms with Gasteiger partial charge in [0.1, 0.15) is 17.0 Å². The van der Waals surface area contributed by atoms with Crippen LogP contribution in [0.3, 0.4) is 0 Å². The van der Waals surface area contributed by atoms with Gasteiger partial charge in [-0.15, -0.1) is 0 Å². The van der Waals surface area contributed by atoms with Crippen molar-refractivity contribution < 1.29 is 38.5 Å². The van der Waals surface area contributed by atoms with Crippen molar-refractivity contribution >= 4 is 23.5 Å². The minimum Gasteiger partial charge on any atom is -0.468 e. The van der Waals surface area contributed by atoms with Gasteiger partial charge in [-0.2, -0.15) is 0 Å². The molecule has 0 aromatic carbocycles. The van der Waals surface area contributed by atoms with Crippen LogP contribution in [0.5, 0.6) is 0 Å². The summed E-state index contributed by atoms with van der Waals surface area (Å²) in [6, 6.07) is 0. The average molecular weight is 471 g/mol. The van der Waals surface area contributed by atoms with E-state index in [0.717, 1.165) is 0 Å². The van der Waals surface area contributed by atoms with Crippen molar-refractivity contribution in [1.29, 1.82) is 0 Å². The molecule has 0 aromatic heterocycles. The lowest BCUT2D eigenvalue weighted by Crippen LogP contribution is -2.75. The normalized spacial score (nSPS) is 53.5. The Bertz CT molecular complexity index is 1230. The van der Waals surface area contributed by atoms with Gasteiger partial charge in [0.15, 0.2) is 11.2 Å². The molecule has 0 amide bonds. The minimum absolute atomic E-state index is 0.00723. The summed E-state index contributed by atoms with van der Waals surface area (Å²) < 4.78 is 17.0. The lowest BCUT2D eigenvalue weighted by atomic mass is 9.35. The van der Waals surface area contributed by atoms with Crippen molar-refractivity contribution in [1.82, 2.24) is 0 Å². The van der Waals surface area contributed by atoms with Crippen molar-refractivity contribution in [3.05, 3.63) is 23.7 Å². The molecule has 8 heteroatoms. The molecule has 6 rings (SSSR count). The Morgan fingerprint density at radius 2 is 1.71 bits per heavy atom. The number of carbonyl (C=O) groups is 4. The molecule has 34 heavy (non-hydrogen) atoms. The van der Waals surface area contributed by atoms with Gasteiger partial charge in [-0.05, 0) is 37.5 Å². The molecule has 0 aromatic rings. The number of allylic oxidation sites excluding steroid dienone is 1. The molecule has 5 fully saturated rings. The minimum atomic E-state index is -2.46. The van der Waals surface area contributed by atoms with Gasteiger partial charge in [0.05, 0.1) is 17.9 Å². The standard InChI is InChI=1S/C26H30O8/c1-11-9-13-22(6)14-10-15(27)20(3,4)24(14,22)17(28)26(31)23(13,7)25(19(30)32-8)16(34-26)12(2)33-18(29)21(11,25)5/h13-14,31H,1,9-10H2,2-8H3. The third-order valence-electron chi connectivity index (χ3n) is 11.6. The zero-order valence-electron chi connectivity index (χ0n) is 20.6. The highest BCUT2D eigenvalue weighted by molar-refractivity contribution is 6.10. The number of ether oxygens (including phenoxy) is 3. The van der Waals surface area contributed by atoms with Crippen LogP contribution in [0.2, 0.25) is 0 Å². The second kappa shape index (κ2) is 5.20. The second-order valence-electron chi connectivity index (χ2n) is 12.2. The SMILES string of the molecule is C=C1CC2C3(C)C4CC(=O)C(C)(C)C43C(=O)C3(O)OC4=C(C)OC(=O)C1(C)C4(C(=O)OC)C23C. The first kappa shape index (κ1) is 22.0. The maximum Gasteiger partial charge on any atom is 0.322 e. The smallest absolute Gasteiger partial charge is 0.322 e. The summed E-state index contributed by atoms with van der Waals surface area (Å²) in [4.78, 5) is 54.9. The molecule has 6 aliphatic rings. The van der Waals surface area contributed by atoms with Crippen LogP contribution in [0.15, 0.2) is 23.7 Å². The molecule has 8 nitrogen and oxygen atoms in total. The summed E-state index contributed by atoms with van der Waals surface area (Å²) in [7, 11) is 1.21. The zero-order chi connectivity index (χ0) is 25.2. The van der Waals surface area contributed by atoms with Gasteiger partial charge >= 0.3 is 11.9 Å². The van der Waals surface area contributed by atoms with E-state index in [2.05, 4.69) is 6.58 Å². The number of hydrogen-bond acceptors (Lipinski definition) is 8. The Morgan fingerprint density at radius 3 is 2.29 bits per heavy atom. The summed E-state index contributed by atoms with van der Waals surface area (Å²) in [6.45, 7) is 14.5. The number of ketones is 2. The molecule has 182 valence electrons. The fraction of sp³-hybridized carbons (Fsp3) is 0.692. The van der Waals surface area contributed by atoms with Crippen LogP contribution in [0.4, 0.5) is 0 Å². The molecule has 1 spiro atoms. The van der Waals surface area contributed by atoms with E-state index >= 15 is 0 Å². The first-order valence-corrected chi connectivity index (χ1v) is 11.8. The van der Waals surface area contributed by atoms with Gasteiger partial charge in [0.25, 0.3) is 5.79 Å². The molecule has 4 aliphatic carbocycles. The number of carbonyl (C=O) groups excluding carboxylic acids is 4. The van der Waals surface area contributed by atoms with Gasteiger partial charge in [-0.3, -0.25) is 19.2 Å². The van der Waals surface area contributed by atoms with E-state index in [4.69, 9.17) is 14.2 Å². The molecule has 0 radical (unpaired) electrons. The highest BCUT2D eigenvalue weighted by atomic mass is 16.7. The molecule has 1 saturated heterocycles. The van der Waals surface area contributed by atoms with Crippen LogP contribution >= 0.6 is 0 Å². The first-order chi connectivity index (χ1) is 15.5. The van der Waals surface area contributed by atoms with E-state index in [1.54, 1.807) is 27.7 Å². The number of hydrogen-bond donors (Lipinski definition) is 1. The van der Waals surface area contributed by atoms with Crippen molar-refractivity contribution in [3.63, 3.8) is 0 Å². The van der Waals surface area contributed by atoms with Gasteiger partial charge in [-0.25, -0.2) is 0 Å². The van der Waals surface area contributed by atoms with E-state index in [1.165, 1.54) is 14.0 Å². The number of cyclic esters (lactones) is 1. The number of rotatable bonds is 1. The Morgan fingerprint density at radius 1 is 1.09 bits per heavy atom. The zero-order valence-corrected chi connectivity index (χ0v) is 20.6. The molecule has 4 saturated carbocycles. The van der Waals surface area contributed by atoms with Crippen LogP contribution in [-0.4, -0.2) is 41.5 Å². The van der Waals surface area contributed by atoms with Gasteiger partial charge in [0.2, 0.25) is 5.78 Å². The number of methoxy groups -OCH3 is 1. The van der Waals surface area contributed by atoms with Crippen LogP contribution in [-0.2, 0) is 33.4 Å². The molecule has 0 bridgehead atoms. The van der Waals surface area contributed by atoms with Crippen LogP contribution in [0.25, 0.3) is 0 Å². The van der Waals surface area contributed by atoms with Crippen LogP contribution in [0, 0.1) is 44.3 Å². The highest BCUT2D eigenvalue weighted by Crippen LogP contribution is 2.94. The average Bonchev–Trinajstić information content (AvgIpc) is 3.11. The van der Waals surface area contributed by atoms with E-state index < -0.39 is 61.9 Å². The summed E-state index contributed by atoms with van der Waals surface area (Å²) in [5.74, 6) is -5.40. The van der Waals surface area contributed by atoms with E-state index in [1.807, 2.05) is 6.92 Å². The quantitative estimate of drug-likeness (QED) is 0.459. The monoisotopic (exact) mass is 470 g/mol. The molecular weight excluding hydrogens is 440 g/mol. The van der Waals surface area contributed by atoms with Crippen molar-refractivity contribution in [2.75, 3.05) is 7.11 Å². The van der Waals surface area contributed by atoms with Crippen LogP contribution in [0.1, 0.15) is 54.4 Å². The van der Waals surface area contributed by atoms with E-state index in [0.29, 0.717) is 5.57 Å². The fourth-order valence-electron chi connectivity index (χ4n) is 10.0. The first-order valence-electron chi connectivity index (χ1n) is 11.8.